The molecular formula is C12H12ClF2NO3. The molecule has 1 aromatic rings. The van der Waals surface area contributed by atoms with E-state index in [0.717, 1.165) is 18.2 Å². The molecule has 1 saturated heterocycles. The van der Waals surface area contributed by atoms with Crippen LogP contribution in [0.3, 0.4) is 0 Å². The number of alkyl carbamates (subject to hydrolysis) is 1. The predicted octanol–water partition coefficient (Wildman–Crippen LogP) is 2.45. The van der Waals surface area contributed by atoms with Crippen LogP contribution in [-0.4, -0.2) is 30.2 Å². The Morgan fingerprint density at radius 3 is 2.63 bits per heavy atom. The van der Waals surface area contributed by atoms with Gasteiger partial charge in [-0.05, 0) is 6.92 Å². The Bertz CT molecular complexity index is 466. The summed E-state index contributed by atoms with van der Waals surface area (Å²) >= 11 is 5.67. The first-order valence-corrected chi connectivity index (χ1v) is 6.19. The molecule has 19 heavy (non-hydrogen) atoms. The van der Waals surface area contributed by atoms with Gasteiger partial charge in [0, 0.05) is 18.2 Å². The normalized spacial score (nSPS) is 23.7. The Balaban J connectivity index is 2.07. The Kier molecular flexibility index (Phi) is 4.09. The second kappa shape index (κ2) is 5.61. The van der Waals surface area contributed by atoms with Crippen molar-refractivity contribution in [1.82, 2.24) is 5.32 Å². The summed E-state index contributed by atoms with van der Waals surface area (Å²) in [6.07, 6.45) is -1.67. The molecule has 1 aromatic carbocycles. The van der Waals surface area contributed by atoms with Crippen LogP contribution in [0.2, 0.25) is 0 Å². The average Bonchev–Trinajstić information content (AvgIpc) is 2.69. The number of halogens is 3. The molecule has 0 aromatic heterocycles. The minimum absolute atomic E-state index is 0.0412. The van der Waals surface area contributed by atoms with Crippen LogP contribution in [0.5, 0.6) is 5.75 Å². The van der Waals surface area contributed by atoms with E-state index in [9.17, 15) is 13.6 Å². The van der Waals surface area contributed by atoms with E-state index in [1.165, 1.54) is 0 Å². The van der Waals surface area contributed by atoms with Crippen molar-refractivity contribution in [2.24, 2.45) is 0 Å². The van der Waals surface area contributed by atoms with Gasteiger partial charge in [0.2, 0.25) is 0 Å². The second-order valence-corrected chi connectivity index (χ2v) is 4.50. The molecule has 1 fully saturated rings. The fourth-order valence-corrected chi connectivity index (χ4v) is 2.16. The highest BCUT2D eigenvalue weighted by Crippen LogP contribution is 2.21. The molecular weight excluding hydrogens is 280 g/mol. The fourth-order valence-electron chi connectivity index (χ4n) is 1.91. The number of cyclic esters (lactones) is 1. The van der Waals surface area contributed by atoms with Crippen molar-refractivity contribution < 1.29 is 23.0 Å². The molecule has 0 radical (unpaired) electrons. The first-order chi connectivity index (χ1) is 8.99. The van der Waals surface area contributed by atoms with Gasteiger partial charge in [0.05, 0.1) is 5.88 Å². The van der Waals surface area contributed by atoms with E-state index in [0.29, 0.717) is 0 Å². The van der Waals surface area contributed by atoms with Crippen LogP contribution in [0.1, 0.15) is 6.92 Å². The summed E-state index contributed by atoms with van der Waals surface area (Å²) in [4.78, 5) is 11.1. The van der Waals surface area contributed by atoms with Crippen LogP contribution >= 0.6 is 11.6 Å². The molecule has 0 aliphatic carbocycles. The maximum atomic E-state index is 13.0. The molecule has 3 atom stereocenters. The van der Waals surface area contributed by atoms with Gasteiger partial charge >= 0.3 is 6.09 Å². The number of rotatable bonds is 4. The molecule has 0 bridgehead atoms. The third kappa shape index (κ3) is 3.26. The Morgan fingerprint density at radius 1 is 1.42 bits per heavy atom. The lowest BCUT2D eigenvalue weighted by molar-refractivity contribution is 0.110. The van der Waals surface area contributed by atoms with E-state index < -0.39 is 36.0 Å². The van der Waals surface area contributed by atoms with Crippen molar-refractivity contribution >= 4 is 17.7 Å². The van der Waals surface area contributed by atoms with Crippen molar-refractivity contribution in [3.8, 4) is 5.75 Å². The number of carbonyl (C=O) groups is 1. The van der Waals surface area contributed by atoms with Gasteiger partial charge < -0.3 is 14.8 Å². The number of ether oxygens (including phenoxy) is 2. The summed E-state index contributed by atoms with van der Waals surface area (Å²) in [5.74, 6) is -1.32. The third-order valence-corrected chi connectivity index (χ3v) is 3.06. The minimum atomic E-state index is -0.734. The molecule has 1 heterocycles. The number of hydrogen-bond acceptors (Lipinski definition) is 3. The first-order valence-electron chi connectivity index (χ1n) is 5.65. The fraction of sp³-hybridized carbons (Fsp3) is 0.417. The molecule has 1 aliphatic heterocycles. The van der Waals surface area contributed by atoms with Gasteiger partial charge in [-0.3, -0.25) is 0 Å². The monoisotopic (exact) mass is 291 g/mol. The first kappa shape index (κ1) is 13.9. The zero-order valence-electron chi connectivity index (χ0n) is 10.0. The van der Waals surface area contributed by atoms with Crippen molar-refractivity contribution in [3.63, 3.8) is 0 Å². The van der Waals surface area contributed by atoms with Crippen LogP contribution in [0.25, 0.3) is 0 Å². The van der Waals surface area contributed by atoms with Gasteiger partial charge in [0.1, 0.15) is 35.6 Å². The number of alkyl halides is 1. The number of hydrogen-bond donors (Lipinski definition) is 1. The van der Waals surface area contributed by atoms with Crippen LogP contribution in [0, 0.1) is 11.6 Å². The average molecular weight is 292 g/mol. The van der Waals surface area contributed by atoms with E-state index in [2.05, 4.69) is 5.32 Å². The van der Waals surface area contributed by atoms with Crippen molar-refractivity contribution in [2.75, 3.05) is 5.88 Å². The Hall–Kier alpha value is -1.56. The lowest BCUT2D eigenvalue weighted by atomic mass is 10.1. The van der Waals surface area contributed by atoms with Gasteiger partial charge in [-0.15, -0.1) is 11.6 Å². The van der Waals surface area contributed by atoms with Crippen molar-refractivity contribution in [1.29, 1.82) is 0 Å². The maximum absolute atomic E-state index is 13.0. The molecule has 104 valence electrons. The molecule has 7 heteroatoms. The molecule has 1 amide bonds. The maximum Gasteiger partial charge on any atom is 0.408 e. The highest BCUT2D eigenvalue weighted by atomic mass is 35.5. The number of carbonyl (C=O) groups excluding carboxylic acids is 1. The summed E-state index contributed by atoms with van der Waals surface area (Å²) in [6.45, 7) is 1.65. The standard InChI is InChI=1S/C12H12ClF2NO3/c1-6(11-10(5-13)19-12(17)16-11)18-9-3-7(14)2-8(15)4-9/h2-4,6,10-11H,5H2,1H3,(H,16,17). The van der Waals surface area contributed by atoms with E-state index in [4.69, 9.17) is 21.1 Å². The van der Waals surface area contributed by atoms with Crippen LogP contribution in [0.4, 0.5) is 13.6 Å². The largest absolute Gasteiger partial charge is 0.488 e. The van der Waals surface area contributed by atoms with E-state index in [1.54, 1.807) is 6.92 Å². The summed E-state index contributed by atoms with van der Waals surface area (Å²) in [6, 6.07) is 2.40. The molecule has 1 N–H and O–H groups in total. The van der Waals surface area contributed by atoms with Crippen LogP contribution in [0.15, 0.2) is 18.2 Å². The summed E-state index contributed by atoms with van der Waals surface area (Å²) in [5.41, 5.74) is 0. The van der Waals surface area contributed by atoms with Gasteiger partial charge in [0.25, 0.3) is 0 Å². The van der Waals surface area contributed by atoms with E-state index >= 15 is 0 Å². The zero-order valence-corrected chi connectivity index (χ0v) is 10.8. The van der Waals surface area contributed by atoms with Crippen molar-refractivity contribution in [2.45, 2.75) is 25.2 Å². The molecule has 3 unspecified atom stereocenters. The zero-order chi connectivity index (χ0) is 14.0. The molecule has 0 saturated carbocycles. The van der Waals surface area contributed by atoms with Gasteiger partial charge in [-0.1, -0.05) is 0 Å². The molecule has 2 rings (SSSR count). The third-order valence-electron chi connectivity index (χ3n) is 2.76. The Morgan fingerprint density at radius 2 is 2.05 bits per heavy atom. The van der Waals surface area contributed by atoms with Crippen molar-refractivity contribution in [3.05, 3.63) is 29.8 Å². The van der Waals surface area contributed by atoms with Crippen LogP contribution in [-0.2, 0) is 4.74 Å². The molecule has 1 aliphatic rings. The van der Waals surface area contributed by atoms with Gasteiger partial charge in [0.15, 0.2) is 0 Å². The van der Waals surface area contributed by atoms with E-state index in [-0.39, 0.29) is 11.6 Å². The smallest absolute Gasteiger partial charge is 0.408 e. The number of amides is 1. The summed E-state index contributed by atoms with van der Waals surface area (Å²) < 4.78 is 36.4. The van der Waals surface area contributed by atoms with Crippen LogP contribution < -0.4 is 10.1 Å². The van der Waals surface area contributed by atoms with E-state index in [1.807, 2.05) is 0 Å². The minimum Gasteiger partial charge on any atom is -0.488 e. The van der Waals surface area contributed by atoms with Gasteiger partial charge in [-0.25, -0.2) is 13.6 Å². The summed E-state index contributed by atoms with van der Waals surface area (Å²) in [7, 11) is 0. The second-order valence-electron chi connectivity index (χ2n) is 4.20. The number of benzene rings is 1. The number of nitrogens with one attached hydrogen (secondary N) is 1. The lowest BCUT2D eigenvalue weighted by Gasteiger charge is -2.23. The summed E-state index contributed by atoms with van der Waals surface area (Å²) in [5, 5.41) is 2.55. The topological polar surface area (TPSA) is 47.6 Å². The predicted molar refractivity (Wildman–Crippen MR) is 64.4 cm³/mol. The van der Waals surface area contributed by atoms with Gasteiger partial charge in [-0.2, -0.15) is 0 Å². The lowest BCUT2D eigenvalue weighted by Crippen LogP contribution is -2.44. The highest BCUT2D eigenvalue weighted by molar-refractivity contribution is 6.18. The Labute approximate surface area is 113 Å². The highest BCUT2D eigenvalue weighted by Gasteiger charge is 2.38. The molecule has 0 spiro atoms. The quantitative estimate of drug-likeness (QED) is 0.867. The molecule has 4 nitrogen and oxygen atoms in total. The SMILES string of the molecule is CC(Oc1cc(F)cc(F)c1)C1NC(=O)OC1CCl.